The number of hydrogen-bond acceptors (Lipinski definition) is 5. The van der Waals surface area contributed by atoms with Gasteiger partial charge in [0.1, 0.15) is 11.5 Å². The molecule has 4 rings (SSSR count). The lowest BCUT2D eigenvalue weighted by molar-refractivity contribution is -0.128. The van der Waals surface area contributed by atoms with E-state index in [2.05, 4.69) is 24.4 Å². The van der Waals surface area contributed by atoms with Gasteiger partial charge in [-0.25, -0.2) is 8.42 Å². The number of methoxy groups -OCH3 is 1. The molecular weight excluding hydrogens is 476 g/mol. The summed E-state index contributed by atoms with van der Waals surface area (Å²) >= 11 is 0. The average molecular weight is 509 g/mol. The first-order chi connectivity index (χ1) is 17.0. The van der Waals surface area contributed by atoms with Crippen LogP contribution < -0.4 is 19.1 Å². The molecule has 3 aromatic rings. The maximum absolute atomic E-state index is 13.7. The van der Waals surface area contributed by atoms with Gasteiger partial charge in [-0.2, -0.15) is 0 Å². The summed E-state index contributed by atoms with van der Waals surface area (Å²) in [6.45, 7) is 9.78. The minimum atomic E-state index is -3.96. The Morgan fingerprint density at radius 1 is 1.00 bits per heavy atom. The summed E-state index contributed by atoms with van der Waals surface area (Å²) < 4.78 is 39.8. The Kier molecular flexibility index (Phi) is 7.00. The van der Waals surface area contributed by atoms with Crippen LogP contribution in [-0.2, 0) is 14.8 Å². The molecule has 1 aliphatic heterocycles. The van der Waals surface area contributed by atoms with E-state index in [-0.39, 0.29) is 23.4 Å². The summed E-state index contributed by atoms with van der Waals surface area (Å²) in [7, 11) is -2.44. The molecule has 1 N–H and O–H groups in total. The molecule has 1 aliphatic rings. The number of nitrogens with zero attached hydrogens (tertiary/aromatic N) is 1. The molecular formula is C28H32N2O5S. The summed E-state index contributed by atoms with van der Waals surface area (Å²) in [4.78, 5) is 13.5. The van der Waals surface area contributed by atoms with E-state index in [9.17, 15) is 13.2 Å². The van der Waals surface area contributed by atoms with Crippen LogP contribution in [0.15, 0.2) is 59.5 Å². The van der Waals surface area contributed by atoms with Crippen molar-refractivity contribution in [3.63, 3.8) is 0 Å². The number of nitrogens with one attached hydrogen (secondary N) is 1. The van der Waals surface area contributed by atoms with Crippen LogP contribution in [-0.4, -0.2) is 34.1 Å². The van der Waals surface area contributed by atoms with Gasteiger partial charge in [0.25, 0.3) is 15.9 Å². The molecule has 1 amide bonds. The number of carbonyl (C=O) groups is 1. The van der Waals surface area contributed by atoms with Crippen LogP contribution in [0.4, 0.5) is 5.69 Å². The number of anilines is 1. The summed E-state index contributed by atoms with van der Waals surface area (Å²) in [6.07, 6.45) is -1.01. The fourth-order valence-corrected chi connectivity index (χ4v) is 5.91. The fraction of sp³-hybridized carbons (Fsp3) is 0.321. The van der Waals surface area contributed by atoms with Crippen LogP contribution in [0.25, 0.3) is 0 Å². The predicted octanol–water partition coefficient (Wildman–Crippen LogP) is 4.76. The van der Waals surface area contributed by atoms with Crippen LogP contribution in [0.2, 0.25) is 0 Å². The van der Waals surface area contributed by atoms with Gasteiger partial charge in [-0.05, 0) is 98.8 Å². The van der Waals surface area contributed by atoms with Gasteiger partial charge in [-0.1, -0.05) is 18.2 Å². The third-order valence-corrected chi connectivity index (χ3v) is 8.43. The number of fused-ring (bicyclic) bond motifs is 1. The maximum Gasteiger partial charge on any atom is 0.264 e. The Hall–Kier alpha value is -3.52. The first-order valence-electron chi connectivity index (χ1n) is 11.8. The van der Waals surface area contributed by atoms with E-state index >= 15 is 0 Å². The van der Waals surface area contributed by atoms with Gasteiger partial charge in [-0.3, -0.25) is 9.10 Å². The third kappa shape index (κ3) is 4.91. The van der Waals surface area contributed by atoms with E-state index < -0.39 is 16.1 Å². The molecule has 8 heteroatoms. The smallest absolute Gasteiger partial charge is 0.264 e. The zero-order valence-electron chi connectivity index (χ0n) is 21.5. The van der Waals surface area contributed by atoms with Crippen molar-refractivity contribution >= 4 is 21.6 Å². The van der Waals surface area contributed by atoms with Crippen LogP contribution in [0.3, 0.4) is 0 Å². The number of aryl methyl sites for hydroxylation is 4. The summed E-state index contributed by atoms with van der Waals surface area (Å²) in [5, 5.41) is 3.02. The third-order valence-electron chi connectivity index (χ3n) is 6.63. The standard InChI is InChI=1S/C28H32N2O5S/c1-17-7-12-25-26(13-17)35-27(16-30(25)36(32,33)23-10-8-22(34-6)9-11-23)28(31)29-21(5)24-15-19(3)18(2)14-20(24)4/h7-15,21,27H,16H2,1-6H3,(H,29,31). The lowest BCUT2D eigenvalue weighted by Gasteiger charge is -2.35. The molecule has 0 spiro atoms. The number of amides is 1. The monoisotopic (exact) mass is 508 g/mol. The molecule has 1 heterocycles. The SMILES string of the molecule is COc1ccc(S(=O)(=O)N2CC(C(=O)NC(C)c3cc(C)c(C)cc3C)Oc3cc(C)ccc32)cc1. The number of hydrogen-bond donors (Lipinski definition) is 1. The van der Waals surface area contributed by atoms with Gasteiger partial charge in [0.2, 0.25) is 0 Å². The zero-order valence-corrected chi connectivity index (χ0v) is 22.3. The highest BCUT2D eigenvalue weighted by molar-refractivity contribution is 7.92. The van der Waals surface area contributed by atoms with Crippen LogP contribution in [0.1, 0.15) is 40.8 Å². The molecule has 0 fully saturated rings. The summed E-state index contributed by atoms with van der Waals surface area (Å²) in [5.74, 6) is 0.538. The van der Waals surface area contributed by atoms with Crippen LogP contribution in [0, 0.1) is 27.7 Å². The molecule has 0 aromatic heterocycles. The quantitative estimate of drug-likeness (QED) is 0.519. The lowest BCUT2D eigenvalue weighted by atomic mass is 9.96. The number of sulfonamides is 1. The van der Waals surface area contributed by atoms with E-state index in [1.165, 1.54) is 29.1 Å². The zero-order chi connectivity index (χ0) is 26.2. The normalized spacial score (nSPS) is 16.1. The molecule has 3 aromatic carbocycles. The molecule has 2 atom stereocenters. The molecule has 36 heavy (non-hydrogen) atoms. The van der Waals surface area contributed by atoms with Gasteiger partial charge in [0.15, 0.2) is 6.10 Å². The van der Waals surface area contributed by atoms with E-state index in [4.69, 9.17) is 9.47 Å². The number of ether oxygens (including phenoxy) is 2. The molecule has 2 unspecified atom stereocenters. The van der Waals surface area contributed by atoms with E-state index in [1.54, 1.807) is 24.3 Å². The number of carbonyl (C=O) groups excluding carboxylic acids is 1. The van der Waals surface area contributed by atoms with Gasteiger partial charge in [-0.15, -0.1) is 0 Å². The van der Waals surface area contributed by atoms with Crippen molar-refractivity contribution in [1.82, 2.24) is 5.32 Å². The van der Waals surface area contributed by atoms with Crippen molar-refractivity contribution < 1.29 is 22.7 Å². The highest BCUT2D eigenvalue weighted by atomic mass is 32.2. The summed E-state index contributed by atoms with van der Waals surface area (Å²) in [5.41, 5.74) is 5.74. The summed E-state index contributed by atoms with van der Waals surface area (Å²) in [6, 6.07) is 15.4. The minimum Gasteiger partial charge on any atom is -0.497 e. The van der Waals surface area contributed by atoms with Crippen LogP contribution >= 0.6 is 0 Å². The lowest BCUT2D eigenvalue weighted by Crippen LogP contribution is -2.51. The van der Waals surface area contributed by atoms with Gasteiger partial charge in [0.05, 0.1) is 30.3 Å². The van der Waals surface area contributed by atoms with Crippen molar-refractivity contribution in [1.29, 1.82) is 0 Å². The predicted molar refractivity (Wildman–Crippen MR) is 140 cm³/mol. The molecule has 0 saturated heterocycles. The first-order valence-corrected chi connectivity index (χ1v) is 13.3. The Balaban J connectivity index is 1.64. The largest absolute Gasteiger partial charge is 0.497 e. The average Bonchev–Trinajstić information content (AvgIpc) is 2.85. The fourth-order valence-electron chi connectivity index (χ4n) is 4.43. The van der Waals surface area contributed by atoms with E-state index in [0.717, 1.165) is 22.3 Å². The van der Waals surface area contributed by atoms with Gasteiger partial charge >= 0.3 is 0 Å². The second-order valence-corrected chi connectivity index (χ2v) is 11.2. The van der Waals surface area contributed by atoms with Crippen molar-refractivity contribution in [2.75, 3.05) is 18.0 Å². The molecule has 190 valence electrons. The minimum absolute atomic E-state index is 0.106. The Morgan fingerprint density at radius 2 is 1.67 bits per heavy atom. The molecule has 0 aliphatic carbocycles. The van der Waals surface area contributed by atoms with E-state index in [0.29, 0.717) is 17.2 Å². The van der Waals surface area contributed by atoms with Crippen LogP contribution in [0.5, 0.6) is 11.5 Å². The molecule has 0 radical (unpaired) electrons. The number of benzene rings is 3. The van der Waals surface area contributed by atoms with Crippen molar-refractivity contribution in [2.24, 2.45) is 0 Å². The first kappa shape index (κ1) is 25.6. The Morgan fingerprint density at radius 3 is 2.33 bits per heavy atom. The maximum atomic E-state index is 13.7. The number of rotatable bonds is 6. The van der Waals surface area contributed by atoms with Crippen molar-refractivity contribution in [3.05, 3.63) is 82.4 Å². The Bertz CT molecular complexity index is 1400. The second-order valence-electron chi connectivity index (χ2n) is 9.31. The molecule has 0 bridgehead atoms. The van der Waals surface area contributed by atoms with Gasteiger partial charge < -0.3 is 14.8 Å². The molecule has 7 nitrogen and oxygen atoms in total. The molecule has 0 saturated carbocycles. The van der Waals surface area contributed by atoms with Crippen molar-refractivity contribution in [2.45, 2.75) is 51.7 Å². The Labute approximate surface area is 213 Å². The van der Waals surface area contributed by atoms with E-state index in [1.807, 2.05) is 33.8 Å². The highest BCUT2D eigenvalue weighted by Gasteiger charge is 2.38. The van der Waals surface area contributed by atoms with Crippen molar-refractivity contribution in [3.8, 4) is 11.5 Å². The highest BCUT2D eigenvalue weighted by Crippen LogP contribution is 2.38. The topological polar surface area (TPSA) is 84.9 Å². The van der Waals surface area contributed by atoms with Gasteiger partial charge in [0, 0.05) is 0 Å². The second kappa shape index (κ2) is 9.85.